The van der Waals surface area contributed by atoms with Gasteiger partial charge in [-0.15, -0.1) is 0 Å². The van der Waals surface area contributed by atoms with E-state index in [0.29, 0.717) is 27.9 Å². The molecule has 160 valence electrons. The predicted octanol–water partition coefficient (Wildman–Crippen LogP) is 3.09. The van der Waals surface area contributed by atoms with Crippen molar-refractivity contribution < 1.29 is 23.6 Å². The molecule has 0 radical (unpaired) electrons. The summed E-state index contributed by atoms with van der Waals surface area (Å²) in [4.78, 5) is 31.6. The quantitative estimate of drug-likeness (QED) is 0.455. The summed E-state index contributed by atoms with van der Waals surface area (Å²) in [6, 6.07) is 8.69. The Bertz CT molecular complexity index is 1370. The maximum absolute atomic E-state index is 13.5. The molecule has 0 aliphatic carbocycles. The number of aryl methyl sites for hydroxylation is 1. The zero-order valence-electron chi connectivity index (χ0n) is 17.8. The zero-order valence-corrected chi connectivity index (χ0v) is 17.8. The number of carbonyl (C=O) groups excluding carboxylic acids is 1. The van der Waals surface area contributed by atoms with Gasteiger partial charge in [0.25, 0.3) is 11.5 Å². The summed E-state index contributed by atoms with van der Waals surface area (Å²) in [5.74, 6) is 0.597. The van der Waals surface area contributed by atoms with Gasteiger partial charge in [0, 0.05) is 18.6 Å². The number of carbonyl (C=O) groups is 1. The van der Waals surface area contributed by atoms with Crippen LogP contribution in [0.2, 0.25) is 0 Å². The van der Waals surface area contributed by atoms with Crippen molar-refractivity contribution >= 4 is 27.6 Å². The lowest BCUT2D eigenvalue weighted by Crippen LogP contribution is -2.28. The molecular formula is C22H21N3O6. The number of methoxy groups -OCH3 is 2. The predicted molar refractivity (Wildman–Crippen MR) is 114 cm³/mol. The van der Waals surface area contributed by atoms with Gasteiger partial charge in [0.1, 0.15) is 0 Å². The highest BCUT2D eigenvalue weighted by Crippen LogP contribution is 2.33. The van der Waals surface area contributed by atoms with Crippen molar-refractivity contribution in [3.8, 4) is 17.3 Å². The minimum Gasteiger partial charge on any atom is -0.493 e. The number of aromatic nitrogens is 2. The van der Waals surface area contributed by atoms with Gasteiger partial charge in [-0.3, -0.25) is 19.0 Å². The molecule has 0 saturated carbocycles. The first-order chi connectivity index (χ1) is 14.9. The highest BCUT2D eigenvalue weighted by molar-refractivity contribution is 6.07. The van der Waals surface area contributed by atoms with Crippen LogP contribution in [0.15, 0.2) is 45.8 Å². The lowest BCUT2D eigenvalue weighted by Gasteiger charge is -2.17. The highest BCUT2D eigenvalue weighted by atomic mass is 16.7. The number of fused-ring (bicyclic) bond motifs is 2. The van der Waals surface area contributed by atoms with Crippen LogP contribution in [0.25, 0.3) is 27.6 Å². The van der Waals surface area contributed by atoms with Crippen molar-refractivity contribution in [1.82, 2.24) is 14.8 Å². The summed E-state index contributed by atoms with van der Waals surface area (Å²) < 4.78 is 17.4. The topological polar surface area (TPSA) is 96.0 Å². The molecule has 0 bridgehead atoms. The second-order valence-corrected chi connectivity index (χ2v) is 6.96. The third-order valence-electron chi connectivity index (χ3n) is 5.15. The third-order valence-corrected chi connectivity index (χ3v) is 5.15. The van der Waals surface area contributed by atoms with E-state index < -0.39 is 5.91 Å². The van der Waals surface area contributed by atoms with Crippen LogP contribution in [-0.2, 0) is 4.84 Å². The summed E-state index contributed by atoms with van der Waals surface area (Å²) in [5, 5.41) is 6.48. The Kier molecular flexibility index (Phi) is 5.12. The monoisotopic (exact) mass is 423 g/mol. The summed E-state index contributed by atoms with van der Waals surface area (Å²) in [7, 11) is 5.83. The molecule has 9 heteroatoms. The fraction of sp³-hybridized carbons (Fsp3) is 0.227. The van der Waals surface area contributed by atoms with Crippen molar-refractivity contribution in [2.45, 2.75) is 6.92 Å². The standard InChI is InChI=1S/C22H21N3O6/c1-12-6-7-17-15(8-12)20(23-31-17)25-11-16(21(26)24(2)30-5)13-9-18(28-3)19(29-4)10-14(13)22(25)27/h6-11H,1-5H3. The van der Waals surface area contributed by atoms with E-state index in [1.165, 1.54) is 39.1 Å². The fourth-order valence-electron chi connectivity index (χ4n) is 3.46. The molecule has 0 unspecified atom stereocenters. The summed E-state index contributed by atoms with van der Waals surface area (Å²) in [6.45, 7) is 1.93. The summed E-state index contributed by atoms with van der Waals surface area (Å²) >= 11 is 0. The lowest BCUT2D eigenvalue weighted by molar-refractivity contribution is -0.0756. The second-order valence-electron chi connectivity index (χ2n) is 6.96. The van der Waals surface area contributed by atoms with Crippen molar-refractivity contribution in [2.75, 3.05) is 28.4 Å². The van der Waals surface area contributed by atoms with Gasteiger partial charge in [-0.05, 0) is 31.2 Å². The minimum absolute atomic E-state index is 0.226. The SMILES string of the molecule is COc1cc2c(C(=O)N(C)OC)cn(-c3noc4ccc(C)cc34)c(=O)c2cc1OC. The number of amides is 1. The van der Waals surface area contributed by atoms with Gasteiger partial charge in [-0.2, -0.15) is 0 Å². The number of nitrogens with zero attached hydrogens (tertiary/aromatic N) is 3. The number of ether oxygens (including phenoxy) is 2. The Labute approximate surface area is 177 Å². The van der Waals surface area contributed by atoms with Crippen LogP contribution in [-0.4, -0.2) is 49.1 Å². The van der Waals surface area contributed by atoms with Crippen LogP contribution in [0.4, 0.5) is 0 Å². The Balaban J connectivity index is 2.11. The Morgan fingerprint density at radius 2 is 1.71 bits per heavy atom. The van der Waals surface area contributed by atoms with Crippen LogP contribution in [0.3, 0.4) is 0 Å². The summed E-state index contributed by atoms with van der Waals surface area (Å²) in [6.07, 6.45) is 1.44. The van der Waals surface area contributed by atoms with Crippen LogP contribution in [0.1, 0.15) is 15.9 Å². The van der Waals surface area contributed by atoms with E-state index in [4.69, 9.17) is 18.8 Å². The van der Waals surface area contributed by atoms with E-state index >= 15 is 0 Å². The lowest BCUT2D eigenvalue weighted by atomic mass is 10.1. The zero-order chi connectivity index (χ0) is 22.3. The molecule has 0 atom stereocenters. The first kappa shape index (κ1) is 20.4. The first-order valence-electron chi connectivity index (χ1n) is 9.39. The highest BCUT2D eigenvalue weighted by Gasteiger charge is 2.23. The number of pyridine rings is 1. The van der Waals surface area contributed by atoms with E-state index in [0.717, 1.165) is 10.6 Å². The molecule has 0 fully saturated rings. The number of hydrogen-bond acceptors (Lipinski definition) is 7. The molecule has 4 rings (SSSR count). The average Bonchev–Trinajstić information content (AvgIpc) is 3.20. The van der Waals surface area contributed by atoms with Crippen LogP contribution in [0, 0.1) is 6.92 Å². The second kappa shape index (κ2) is 7.77. The van der Waals surface area contributed by atoms with Crippen LogP contribution >= 0.6 is 0 Å². The van der Waals surface area contributed by atoms with Crippen LogP contribution < -0.4 is 15.0 Å². The van der Waals surface area contributed by atoms with E-state index in [9.17, 15) is 9.59 Å². The smallest absolute Gasteiger partial charge is 0.279 e. The Morgan fingerprint density at radius 3 is 2.35 bits per heavy atom. The third kappa shape index (κ3) is 3.28. The molecule has 1 amide bonds. The molecule has 0 N–H and O–H groups in total. The normalized spacial score (nSPS) is 11.1. The van der Waals surface area contributed by atoms with Gasteiger partial charge in [0.05, 0.1) is 37.7 Å². The van der Waals surface area contributed by atoms with Gasteiger partial charge in [-0.25, -0.2) is 5.06 Å². The molecule has 2 aromatic carbocycles. The molecule has 4 aromatic rings. The first-order valence-corrected chi connectivity index (χ1v) is 9.39. The van der Waals surface area contributed by atoms with Crippen molar-refractivity contribution in [3.05, 3.63) is 58.0 Å². The fourth-order valence-corrected chi connectivity index (χ4v) is 3.46. The molecule has 2 aromatic heterocycles. The van der Waals surface area contributed by atoms with E-state index in [2.05, 4.69) is 5.16 Å². The molecular weight excluding hydrogens is 402 g/mol. The number of rotatable bonds is 5. The minimum atomic E-state index is -0.447. The Morgan fingerprint density at radius 1 is 1.03 bits per heavy atom. The number of hydrogen-bond donors (Lipinski definition) is 0. The van der Waals surface area contributed by atoms with Crippen molar-refractivity contribution in [1.29, 1.82) is 0 Å². The average molecular weight is 423 g/mol. The van der Waals surface area contributed by atoms with Gasteiger partial charge in [0.2, 0.25) is 0 Å². The maximum Gasteiger partial charge on any atom is 0.279 e. The van der Waals surface area contributed by atoms with Crippen LogP contribution in [0.5, 0.6) is 11.5 Å². The van der Waals surface area contributed by atoms with E-state index in [1.807, 2.05) is 19.1 Å². The van der Waals surface area contributed by atoms with Crippen molar-refractivity contribution in [2.24, 2.45) is 0 Å². The molecule has 2 heterocycles. The maximum atomic E-state index is 13.5. The molecule has 31 heavy (non-hydrogen) atoms. The molecule has 9 nitrogen and oxygen atoms in total. The number of benzene rings is 2. The Hall–Kier alpha value is -3.85. The molecule has 0 aliphatic heterocycles. The van der Waals surface area contributed by atoms with Gasteiger partial charge in [0.15, 0.2) is 22.9 Å². The van der Waals surface area contributed by atoms with E-state index in [-0.39, 0.29) is 22.3 Å². The largest absolute Gasteiger partial charge is 0.493 e. The molecule has 0 spiro atoms. The molecule has 0 aliphatic rings. The van der Waals surface area contributed by atoms with Gasteiger partial charge < -0.3 is 14.0 Å². The van der Waals surface area contributed by atoms with Crippen molar-refractivity contribution in [3.63, 3.8) is 0 Å². The number of hydroxylamine groups is 2. The van der Waals surface area contributed by atoms with E-state index in [1.54, 1.807) is 18.2 Å². The summed E-state index contributed by atoms with van der Waals surface area (Å²) in [5.41, 5.74) is 1.35. The van der Waals surface area contributed by atoms with Gasteiger partial charge >= 0.3 is 0 Å². The van der Waals surface area contributed by atoms with Gasteiger partial charge in [-0.1, -0.05) is 16.8 Å². The molecule has 0 saturated heterocycles.